The Balaban J connectivity index is 3.31. The van der Waals surface area contributed by atoms with Gasteiger partial charge in [0.15, 0.2) is 5.11 Å². The van der Waals surface area contributed by atoms with E-state index in [2.05, 4.69) is 17.5 Å². The van der Waals surface area contributed by atoms with Crippen LogP contribution in [0.1, 0.15) is 0 Å². The number of thiocarbonyl (C=S) groups is 1. The van der Waals surface area contributed by atoms with Gasteiger partial charge in [-0.1, -0.05) is 46.4 Å². The molecule has 1 aromatic rings. The monoisotopic (exact) mass is 288 g/mol. The van der Waals surface area contributed by atoms with Gasteiger partial charge in [-0.2, -0.15) is 0 Å². The van der Waals surface area contributed by atoms with Crippen molar-refractivity contribution in [1.82, 2.24) is 0 Å². The zero-order chi connectivity index (χ0) is 10.9. The summed E-state index contributed by atoms with van der Waals surface area (Å²) in [5, 5.41) is 3.65. The van der Waals surface area contributed by atoms with Crippen molar-refractivity contribution in [3.63, 3.8) is 0 Å². The maximum Gasteiger partial charge on any atom is 0.168 e. The summed E-state index contributed by atoms with van der Waals surface area (Å²) in [6.07, 6.45) is 0. The van der Waals surface area contributed by atoms with Crippen LogP contribution in [0.2, 0.25) is 20.1 Å². The fourth-order valence-electron chi connectivity index (χ4n) is 0.806. The van der Waals surface area contributed by atoms with Gasteiger partial charge in [0.1, 0.15) is 0 Å². The lowest BCUT2D eigenvalue weighted by Crippen LogP contribution is -2.19. The van der Waals surface area contributed by atoms with Crippen molar-refractivity contribution in [2.45, 2.75) is 0 Å². The molecule has 0 amide bonds. The summed E-state index contributed by atoms with van der Waals surface area (Å²) in [7, 11) is 0. The number of anilines is 1. The van der Waals surface area contributed by atoms with Crippen LogP contribution >= 0.6 is 58.6 Å². The molecule has 0 radical (unpaired) electrons. The van der Waals surface area contributed by atoms with Gasteiger partial charge in [-0.3, -0.25) is 0 Å². The van der Waals surface area contributed by atoms with Crippen LogP contribution < -0.4 is 11.1 Å². The summed E-state index contributed by atoms with van der Waals surface area (Å²) in [6.45, 7) is 0. The molecule has 0 aliphatic heterocycles. The molecule has 0 saturated heterocycles. The topological polar surface area (TPSA) is 38.0 Å². The first-order valence-corrected chi connectivity index (χ1v) is 5.25. The molecule has 2 nitrogen and oxygen atoms in total. The summed E-state index contributed by atoms with van der Waals surface area (Å²) in [4.78, 5) is 0. The second-order valence-electron chi connectivity index (χ2n) is 2.33. The second-order valence-corrected chi connectivity index (χ2v) is 4.34. The predicted octanol–water partition coefficient (Wildman–Crippen LogP) is 3.96. The number of hydrogen-bond acceptors (Lipinski definition) is 1. The first kappa shape index (κ1) is 12.1. The standard InChI is InChI=1S/C7H4Cl4N2S/c8-2-1-3(9)5(11)6(4(2)10)13-7(12)14/h1H,(H3,12,13,14). The molecule has 1 aromatic carbocycles. The molecule has 0 unspecified atom stereocenters. The molecule has 0 aliphatic carbocycles. The quantitative estimate of drug-likeness (QED) is 0.607. The zero-order valence-corrected chi connectivity index (χ0v) is 10.4. The Morgan fingerprint density at radius 1 is 1.14 bits per heavy atom. The predicted molar refractivity (Wildman–Crippen MR) is 66.9 cm³/mol. The molecule has 0 heterocycles. The normalized spacial score (nSPS) is 10.0. The molecule has 3 N–H and O–H groups in total. The minimum atomic E-state index is 0.0344. The Hall–Kier alpha value is 0.0700. The summed E-state index contributed by atoms with van der Waals surface area (Å²) in [5.41, 5.74) is 5.60. The van der Waals surface area contributed by atoms with Crippen LogP contribution in [-0.2, 0) is 0 Å². The minimum Gasteiger partial charge on any atom is -0.376 e. The van der Waals surface area contributed by atoms with Crippen LogP contribution in [0.4, 0.5) is 5.69 Å². The molecule has 0 aromatic heterocycles. The van der Waals surface area contributed by atoms with E-state index in [1.54, 1.807) is 0 Å². The van der Waals surface area contributed by atoms with Crippen molar-refractivity contribution >= 4 is 69.4 Å². The average Bonchev–Trinajstić information content (AvgIpc) is 2.09. The van der Waals surface area contributed by atoms with Crippen LogP contribution in [-0.4, -0.2) is 5.11 Å². The fourth-order valence-corrected chi connectivity index (χ4v) is 1.81. The third-order valence-electron chi connectivity index (χ3n) is 1.36. The Kier molecular flexibility index (Phi) is 4.10. The molecule has 7 heteroatoms. The Bertz CT molecular complexity index is 368. The van der Waals surface area contributed by atoms with Gasteiger partial charge in [0, 0.05) is 0 Å². The summed E-state index contributed by atoms with van der Waals surface area (Å²) in [6, 6.07) is 1.44. The van der Waals surface area contributed by atoms with Gasteiger partial charge < -0.3 is 11.1 Å². The van der Waals surface area contributed by atoms with E-state index in [0.717, 1.165) is 0 Å². The van der Waals surface area contributed by atoms with E-state index in [4.69, 9.17) is 52.1 Å². The van der Waals surface area contributed by atoms with E-state index in [0.29, 0.717) is 5.69 Å². The molecule has 0 aliphatic rings. The van der Waals surface area contributed by atoms with Crippen LogP contribution in [0.25, 0.3) is 0 Å². The second kappa shape index (κ2) is 4.73. The smallest absolute Gasteiger partial charge is 0.168 e. The van der Waals surface area contributed by atoms with Crippen LogP contribution in [0, 0.1) is 0 Å². The summed E-state index contributed by atoms with van der Waals surface area (Å²) in [5.74, 6) is 0. The molecule has 76 valence electrons. The largest absolute Gasteiger partial charge is 0.376 e. The average molecular weight is 290 g/mol. The number of nitrogens with one attached hydrogen (secondary N) is 1. The first-order chi connectivity index (χ1) is 6.43. The molecule has 0 saturated carbocycles. The lowest BCUT2D eigenvalue weighted by atomic mass is 10.3. The lowest BCUT2D eigenvalue weighted by Gasteiger charge is -2.10. The third-order valence-corrected chi connectivity index (χ3v) is 3.04. The van der Waals surface area contributed by atoms with E-state index in [9.17, 15) is 0 Å². The number of benzene rings is 1. The molecule has 0 fully saturated rings. The van der Waals surface area contributed by atoms with Crippen molar-refractivity contribution in [2.75, 3.05) is 5.32 Å². The third kappa shape index (κ3) is 2.55. The highest BCUT2D eigenvalue weighted by Crippen LogP contribution is 2.40. The van der Waals surface area contributed by atoms with Crippen LogP contribution in [0.15, 0.2) is 6.07 Å². The van der Waals surface area contributed by atoms with Gasteiger partial charge in [0.05, 0.1) is 25.8 Å². The van der Waals surface area contributed by atoms with E-state index < -0.39 is 0 Å². The number of halogens is 4. The molecule has 1 rings (SSSR count). The Morgan fingerprint density at radius 2 is 1.57 bits per heavy atom. The van der Waals surface area contributed by atoms with Crippen molar-refractivity contribution < 1.29 is 0 Å². The molecule has 0 spiro atoms. The Labute approximate surface area is 106 Å². The lowest BCUT2D eigenvalue weighted by molar-refractivity contribution is 1.60. The highest BCUT2D eigenvalue weighted by molar-refractivity contribution is 7.80. The van der Waals surface area contributed by atoms with E-state index in [1.165, 1.54) is 6.07 Å². The van der Waals surface area contributed by atoms with Gasteiger partial charge in [-0.05, 0) is 18.3 Å². The zero-order valence-electron chi connectivity index (χ0n) is 6.57. The highest BCUT2D eigenvalue weighted by Gasteiger charge is 2.13. The summed E-state index contributed by atoms with van der Waals surface area (Å²) >= 11 is 27.9. The number of hydrogen-bond donors (Lipinski definition) is 2. The van der Waals surface area contributed by atoms with Crippen LogP contribution in [0.5, 0.6) is 0 Å². The Morgan fingerprint density at radius 3 is 1.93 bits per heavy atom. The molecular weight excluding hydrogens is 286 g/mol. The van der Waals surface area contributed by atoms with Gasteiger partial charge in [-0.15, -0.1) is 0 Å². The fraction of sp³-hybridized carbons (Fsp3) is 0. The molecule has 0 atom stereocenters. The number of nitrogens with two attached hydrogens (primary N) is 1. The maximum atomic E-state index is 5.86. The summed E-state index contributed by atoms with van der Waals surface area (Å²) < 4.78 is 0. The molecule has 0 bridgehead atoms. The maximum absolute atomic E-state index is 5.86. The SMILES string of the molecule is NC(=S)Nc1c(Cl)c(Cl)cc(Cl)c1Cl. The molecular formula is C7H4Cl4N2S. The van der Waals surface area contributed by atoms with Crippen molar-refractivity contribution in [2.24, 2.45) is 5.73 Å². The van der Waals surface area contributed by atoms with E-state index in [-0.39, 0.29) is 25.2 Å². The van der Waals surface area contributed by atoms with Gasteiger partial charge in [-0.25, -0.2) is 0 Å². The van der Waals surface area contributed by atoms with Gasteiger partial charge in [0.25, 0.3) is 0 Å². The van der Waals surface area contributed by atoms with Crippen molar-refractivity contribution in [1.29, 1.82) is 0 Å². The minimum absolute atomic E-state index is 0.0344. The van der Waals surface area contributed by atoms with Crippen LogP contribution in [0.3, 0.4) is 0 Å². The number of rotatable bonds is 1. The van der Waals surface area contributed by atoms with Gasteiger partial charge in [0.2, 0.25) is 0 Å². The van der Waals surface area contributed by atoms with E-state index >= 15 is 0 Å². The van der Waals surface area contributed by atoms with Crippen molar-refractivity contribution in [3.05, 3.63) is 26.2 Å². The molecule has 14 heavy (non-hydrogen) atoms. The van der Waals surface area contributed by atoms with Crippen molar-refractivity contribution in [3.8, 4) is 0 Å². The van der Waals surface area contributed by atoms with E-state index in [1.807, 2.05) is 0 Å². The first-order valence-electron chi connectivity index (χ1n) is 3.33. The highest BCUT2D eigenvalue weighted by atomic mass is 35.5. The van der Waals surface area contributed by atoms with Gasteiger partial charge >= 0.3 is 0 Å².